The normalized spacial score (nSPS) is 24.7. The Kier molecular flexibility index (Phi) is 4.49. The number of ether oxygens (including phenoxy) is 1. The van der Waals surface area contributed by atoms with E-state index in [1.807, 2.05) is 36.5 Å². The standard InChI is InChI=1S/C18H21NO2/c20-18(21-13-14-5-2-1-3-6-14)16-10-8-15(9-11-16)17-7-4-12-19-17/h1-6,12,15-16H,7-11,13H2. The molecule has 2 aliphatic rings. The molecule has 1 aromatic carbocycles. The summed E-state index contributed by atoms with van der Waals surface area (Å²) in [6.07, 6.45) is 8.98. The molecule has 1 saturated carbocycles. The lowest BCUT2D eigenvalue weighted by atomic mass is 9.79. The molecule has 0 aromatic heterocycles. The second-order valence-corrected chi connectivity index (χ2v) is 5.85. The van der Waals surface area contributed by atoms with Crippen LogP contribution in [0, 0.1) is 11.8 Å². The summed E-state index contributed by atoms with van der Waals surface area (Å²) in [5, 5.41) is 0. The molecule has 0 N–H and O–H groups in total. The predicted molar refractivity (Wildman–Crippen MR) is 82.9 cm³/mol. The van der Waals surface area contributed by atoms with Crippen molar-refractivity contribution in [2.24, 2.45) is 16.8 Å². The first-order chi connectivity index (χ1) is 10.3. The zero-order chi connectivity index (χ0) is 14.5. The number of aliphatic imine (C=N–C) groups is 1. The number of nitrogens with zero attached hydrogens (tertiary/aromatic N) is 1. The highest BCUT2D eigenvalue weighted by Gasteiger charge is 2.29. The molecule has 1 aliphatic heterocycles. The average molecular weight is 283 g/mol. The monoisotopic (exact) mass is 283 g/mol. The average Bonchev–Trinajstić information content (AvgIpc) is 3.08. The first-order valence-electron chi connectivity index (χ1n) is 7.75. The molecule has 0 atom stereocenters. The van der Waals surface area contributed by atoms with E-state index in [0.717, 1.165) is 37.7 Å². The molecule has 1 fully saturated rings. The summed E-state index contributed by atoms with van der Waals surface area (Å²) >= 11 is 0. The molecule has 0 unspecified atom stereocenters. The van der Waals surface area contributed by atoms with Crippen LogP contribution in [0.15, 0.2) is 47.6 Å². The van der Waals surface area contributed by atoms with Gasteiger partial charge in [-0.15, -0.1) is 0 Å². The Bertz CT molecular complexity index is 540. The highest BCUT2D eigenvalue weighted by Crippen LogP contribution is 2.32. The van der Waals surface area contributed by atoms with Crippen molar-refractivity contribution in [2.45, 2.75) is 38.7 Å². The zero-order valence-electron chi connectivity index (χ0n) is 12.2. The van der Waals surface area contributed by atoms with Crippen molar-refractivity contribution in [2.75, 3.05) is 0 Å². The van der Waals surface area contributed by atoms with Gasteiger partial charge < -0.3 is 4.74 Å². The van der Waals surface area contributed by atoms with E-state index in [-0.39, 0.29) is 11.9 Å². The van der Waals surface area contributed by atoms with E-state index in [4.69, 9.17) is 4.74 Å². The fraction of sp³-hybridized carbons (Fsp3) is 0.444. The SMILES string of the molecule is O=C(OCc1ccccc1)C1CCC(C2=NC=CC2)CC1. The third-order valence-corrected chi connectivity index (χ3v) is 4.43. The molecule has 0 saturated heterocycles. The van der Waals surface area contributed by atoms with Gasteiger partial charge in [0.1, 0.15) is 6.61 Å². The van der Waals surface area contributed by atoms with Crippen LogP contribution in [0.1, 0.15) is 37.7 Å². The maximum Gasteiger partial charge on any atom is 0.309 e. The van der Waals surface area contributed by atoms with E-state index in [1.165, 1.54) is 5.71 Å². The van der Waals surface area contributed by atoms with Crippen LogP contribution in [0.3, 0.4) is 0 Å². The minimum atomic E-state index is -0.0382. The van der Waals surface area contributed by atoms with Gasteiger partial charge in [-0.3, -0.25) is 9.79 Å². The van der Waals surface area contributed by atoms with Crippen molar-refractivity contribution in [1.29, 1.82) is 0 Å². The van der Waals surface area contributed by atoms with Crippen LogP contribution in [0.4, 0.5) is 0 Å². The van der Waals surface area contributed by atoms with Gasteiger partial charge >= 0.3 is 5.97 Å². The minimum absolute atomic E-state index is 0.0382. The van der Waals surface area contributed by atoms with E-state index >= 15 is 0 Å². The quantitative estimate of drug-likeness (QED) is 0.786. The van der Waals surface area contributed by atoms with Gasteiger partial charge in [-0.1, -0.05) is 36.4 Å². The second kappa shape index (κ2) is 6.70. The lowest BCUT2D eigenvalue weighted by Gasteiger charge is -2.27. The lowest BCUT2D eigenvalue weighted by Crippen LogP contribution is -2.26. The molecule has 1 aromatic rings. The van der Waals surface area contributed by atoms with Gasteiger partial charge in [-0.25, -0.2) is 0 Å². The van der Waals surface area contributed by atoms with Crippen molar-refractivity contribution in [3.63, 3.8) is 0 Å². The molecule has 1 aliphatic carbocycles. The molecule has 0 amide bonds. The smallest absolute Gasteiger partial charge is 0.309 e. The van der Waals surface area contributed by atoms with Crippen molar-refractivity contribution in [3.05, 3.63) is 48.2 Å². The van der Waals surface area contributed by atoms with E-state index < -0.39 is 0 Å². The van der Waals surface area contributed by atoms with E-state index in [2.05, 4.69) is 11.1 Å². The van der Waals surface area contributed by atoms with Crippen molar-refractivity contribution in [1.82, 2.24) is 0 Å². The third-order valence-electron chi connectivity index (χ3n) is 4.43. The number of hydrogen-bond acceptors (Lipinski definition) is 3. The number of esters is 1. The Morgan fingerprint density at radius 3 is 2.57 bits per heavy atom. The second-order valence-electron chi connectivity index (χ2n) is 5.85. The largest absolute Gasteiger partial charge is 0.461 e. The Morgan fingerprint density at radius 2 is 1.90 bits per heavy atom. The lowest BCUT2D eigenvalue weighted by molar-refractivity contribution is -0.151. The summed E-state index contributed by atoms with van der Waals surface area (Å²) < 4.78 is 5.45. The number of hydrogen-bond donors (Lipinski definition) is 0. The molecule has 21 heavy (non-hydrogen) atoms. The highest BCUT2D eigenvalue weighted by molar-refractivity contribution is 5.90. The van der Waals surface area contributed by atoms with Crippen molar-refractivity contribution in [3.8, 4) is 0 Å². The predicted octanol–water partition coefficient (Wildman–Crippen LogP) is 3.89. The molecule has 3 rings (SSSR count). The fourth-order valence-electron chi connectivity index (χ4n) is 3.16. The van der Waals surface area contributed by atoms with Gasteiger partial charge in [0.25, 0.3) is 0 Å². The molecule has 3 nitrogen and oxygen atoms in total. The Labute approximate surface area is 125 Å². The van der Waals surface area contributed by atoms with Crippen LogP contribution in [-0.4, -0.2) is 11.7 Å². The first kappa shape index (κ1) is 14.1. The van der Waals surface area contributed by atoms with E-state index in [0.29, 0.717) is 12.5 Å². The maximum absolute atomic E-state index is 12.1. The van der Waals surface area contributed by atoms with Crippen LogP contribution < -0.4 is 0 Å². The topological polar surface area (TPSA) is 38.7 Å². The Morgan fingerprint density at radius 1 is 1.14 bits per heavy atom. The maximum atomic E-state index is 12.1. The Balaban J connectivity index is 1.44. The van der Waals surface area contributed by atoms with Crippen molar-refractivity contribution < 1.29 is 9.53 Å². The van der Waals surface area contributed by atoms with Gasteiger partial charge in [0.2, 0.25) is 0 Å². The van der Waals surface area contributed by atoms with Gasteiger partial charge in [0.05, 0.1) is 5.92 Å². The molecule has 1 heterocycles. The molecule has 0 bridgehead atoms. The van der Waals surface area contributed by atoms with Gasteiger partial charge in [-0.05, 0) is 37.2 Å². The summed E-state index contributed by atoms with van der Waals surface area (Å²) in [5.41, 5.74) is 2.34. The van der Waals surface area contributed by atoms with Gasteiger partial charge in [0.15, 0.2) is 0 Å². The number of benzene rings is 1. The molecular formula is C18H21NO2. The van der Waals surface area contributed by atoms with Crippen LogP contribution in [-0.2, 0) is 16.1 Å². The number of carbonyl (C=O) groups is 1. The summed E-state index contributed by atoms with van der Waals surface area (Å²) in [6.45, 7) is 0.385. The van der Waals surface area contributed by atoms with Gasteiger partial charge in [-0.2, -0.15) is 0 Å². The molecule has 0 radical (unpaired) electrons. The molecule has 0 spiro atoms. The first-order valence-corrected chi connectivity index (χ1v) is 7.75. The minimum Gasteiger partial charge on any atom is -0.461 e. The van der Waals surface area contributed by atoms with Gasteiger partial charge in [0, 0.05) is 18.3 Å². The van der Waals surface area contributed by atoms with Crippen LogP contribution in [0.25, 0.3) is 0 Å². The number of rotatable bonds is 4. The van der Waals surface area contributed by atoms with Crippen LogP contribution >= 0.6 is 0 Å². The fourth-order valence-corrected chi connectivity index (χ4v) is 3.16. The van der Waals surface area contributed by atoms with E-state index in [9.17, 15) is 4.79 Å². The molecule has 110 valence electrons. The van der Waals surface area contributed by atoms with Crippen molar-refractivity contribution >= 4 is 11.7 Å². The number of allylic oxidation sites excluding steroid dienone is 1. The summed E-state index contributed by atoms with van der Waals surface area (Å²) in [7, 11) is 0. The van der Waals surface area contributed by atoms with Crippen LogP contribution in [0.5, 0.6) is 0 Å². The Hall–Kier alpha value is -1.90. The van der Waals surface area contributed by atoms with Crippen LogP contribution in [0.2, 0.25) is 0 Å². The van der Waals surface area contributed by atoms with E-state index in [1.54, 1.807) is 0 Å². The zero-order valence-corrected chi connectivity index (χ0v) is 12.2. The summed E-state index contributed by atoms with van der Waals surface area (Å²) in [4.78, 5) is 16.6. The summed E-state index contributed by atoms with van der Waals surface area (Å²) in [6, 6.07) is 9.85. The molecular weight excluding hydrogens is 262 g/mol. The summed E-state index contributed by atoms with van der Waals surface area (Å²) in [5.74, 6) is 0.599. The molecule has 3 heteroatoms. The third kappa shape index (κ3) is 3.60. The number of carbonyl (C=O) groups excluding carboxylic acids is 1. The highest BCUT2D eigenvalue weighted by atomic mass is 16.5.